The van der Waals surface area contributed by atoms with E-state index in [2.05, 4.69) is 5.32 Å². The minimum Gasteiger partial charge on any atom is -0.374 e. The first-order valence-corrected chi connectivity index (χ1v) is 7.34. The van der Waals surface area contributed by atoms with Crippen molar-refractivity contribution in [2.75, 3.05) is 14.2 Å². The second-order valence-electron chi connectivity index (χ2n) is 5.09. The van der Waals surface area contributed by atoms with Crippen LogP contribution in [0.1, 0.15) is 53.4 Å². The molecule has 2 aliphatic carbocycles. The number of ether oxygens (including phenoxy) is 1. The molecule has 1 aromatic rings. The molecule has 0 amide bonds. The molecule has 4 heteroatoms. The maximum Gasteiger partial charge on any atom is 0.122 e. The average Bonchev–Trinajstić information content (AvgIpc) is 3.08. The van der Waals surface area contributed by atoms with Gasteiger partial charge in [0, 0.05) is 12.0 Å². The van der Waals surface area contributed by atoms with Gasteiger partial charge in [0.05, 0.1) is 11.7 Å². The lowest BCUT2D eigenvalue weighted by molar-refractivity contribution is 0.0842. The lowest BCUT2D eigenvalue weighted by atomic mass is 9.98. The third-order valence-electron chi connectivity index (χ3n) is 3.87. The van der Waals surface area contributed by atoms with Crippen LogP contribution in [0, 0.1) is 5.92 Å². The van der Waals surface area contributed by atoms with E-state index in [4.69, 9.17) is 9.72 Å². The number of nitrogens with zero attached hydrogens (tertiary/aromatic N) is 1. The van der Waals surface area contributed by atoms with Gasteiger partial charge in [-0.05, 0) is 45.1 Å². The Labute approximate surface area is 107 Å². The molecule has 3 rings (SSSR count). The smallest absolute Gasteiger partial charge is 0.122 e. The highest BCUT2D eigenvalue weighted by atomic mass is 32.1. The molecule has 2 unspecified atom stereocenters. The number of hydrogen-bond acceptors (Lipinski definition) is 4. The van der Waals surface area contributed by atoms with Crippen LogP contribution in [0.25, 0.3) is 0 Å². The van der Waals surface area contributed by atoms with Gasteiger partial charge in [-0.1, -0.05) is 0 Å². The topological polar surface area (TPSA) is 34.1 Å². The van der Waals surface area contributed by atoms with Crippen molar-refractivity contribution < 1.29 is 4.74 Å². The van der Waals surface area contributed by atoms with Gasteiger partial charge in [-0.25, -0.2) is 4.98 Å². The van der Waals surface area contributed by atoms with Crippen molar-refractivity contribution in [1.82, 2.24) is 10.3 Å². The Balaban J connectivity index is 1.89. The molecular formula is C13H20N2OS. The first-order valence-electron chi connectivity index (χ1n) is 6.53. The summed E-state index contributed by atoms with van der Waals surface area (Å²) in [6, 6.07) is 0.459. The molecule has 1 saturated carbocycles. The highest BCUT2D eigenvalue weighted by Crippen LogP contribution is 2.45. The van der Waals surface area contributed by atoms with Crippen LogP contribution in [0.15, 0.2) is 0 Å². The van der Waals surface area contributed by atoms with E-state index in [9.17, 15) is 0 Å². The van der Waals surface area contributed by atoms with Crippen LogP contribution in [-0.2, 0) is 11.2 Å². The number of methoxy groups -OCH3 is 1. The van der Waals surface area contributed by atoms with E-state index < -0.39 is 0 Å². The molecule has 0 saturated heterocycles. The molecule has 1 fully saturated rings. The van der Waals surface area contributed by atoms with Gasteiger partial charge in [0.15, 0.2) is 0 Å². The SMILES string of the molecule is CNC1CCCc2sc(C(OC)C3CC3)nc21. The predicted molar refractivity (Wildman–Crippen MR) is 69.3 cm³/mol. The van der Waals surface area contributed by atoms with Gasteiger partial charge in [0.1, 0.15) is 11.1 Å². The second kappa shape index (κ2) is 4.67. The van der Waals surface area contributed by atoms with Crippen molar-refractivity contribution in [3.63, 3.8) is 0 Å². The summed E-state index contributed by atoms with van der Waals surface area (Å²) in [4.78, 5) is 6.35. The third kappa shape index (κ3) is 2.14. The summed E-state index contributed by atoms with van der Waals surface area (Å²) in [7, 11) is 3.85. The van der Waals surface area contributed by atoms with Gasteiger partial charge >= 0.3 is 0 Å². The molecule has 1 N–H and O–H groups in total. The van der Waals surface area contributed by atoms with E-state index in [1.165, 1.54) is 47.7 Å². The number of hydrogen-bond donors (Lipinski definition) is 1. The fourth-order valence-corrected chi connectivity index (χ4v) is 4.07. The molecule has 1 heterocycles. The van der Waals surface area contributed by atoms with E-state index in [0.717, 1.165) is 5.92 Å². The lowest BCUT2D eigenvalue weighted by Gasteiger charge is -2.20. The maximum absolute atomic E-state index is 5.63. The largest absolute Gasteiger partial charge is 0.374 e. The van der Waals surface area contributed by atoms with Gasteiger partial charge in [0.25, 0.3) is 0 Å². The van der Waals surface area contributed by atoms with E-state index in [0.29, 0.717) is 6.04 Å². The summed E-state index contributed by atoms with van der Waals surface area (Å²) in [6.45, 7) is 0. The minimum absolute atomic E-state index is 0.253. The number of fused-ring (bicyclic) bond motifs is 1. The molecule has 0 aliphatic heterocycles. The molecular weight excluding hydrogens is 232 g/mol. The van der Waals surface area contributed by atoms with E-state index in [1.807, 2.05) is 25.5 Å². The summed E-state index contributed by atoms with van der Waals surface area (Å²) in [5.41, 5.74) is 1.29. The Kier molecular flexibility index (Phi) is 3.19. The summed E-state index contributed by atoms with van der Waals surface area (Å²) in [6.07, 6.45) is 6.56. The Hall–Kier alpha value is -0.450. The van der Waals surface area contributed by atoms with Crippen LogP contribution in [0.5, 0.6) is 0 Å². The van der Waals surface area contributed by atoms with Crippen molar-refractivity contribution in [2.45, 2.75) is 44.2 Å². The van der Waals surface area contributed by atoms with Crippen LogP contribution >= 0.6 is 11.3 Å². The predicted octanol–water partition coefficient (Wildman–Crippen LogP) is 2.84. The zero-order valence-corrected chi connectivity index (χ0v) is 11.3. The highest BCUT2D eigenvalue weighted by molar-refractivity contribution is 7.11. The Bertz CT molecular complexity index is 400. The van der Waals surface area contributed by atoms with Crippen LogP contribution in [0.2, 0.25) is 0 Å². The Morgan fingerprint density at radius 3 is 2.88 bits per heavy atom. The first kappa shape index (κ1) is 11.6. The zero-order chi connectivity index (χ0) is 11.8. The summed E-state index contributed by atoms with van der Waals surface area (Å²) >= 11 is 1.88. The molecule has 0 bridgehead atoms. The van der Waals surface area contributed by atoms with E-state index >= 15 is 0 Å². The second-order valence-corrected chi connectivity index (χ2v) is 6.20. The maximum atomic E-state index is 5.63. The van der Waals surface area contributed by atoms with Gasteiger partial charge < -0.3 is 10.1 Å². The molecule has 0 spiro atoms. The lowest BCUT2D eigenvalue weighted by Crippen LogP contribution is -2.21. The molecule has 1 aromatic heterocycles. The van der Waals surface area contributed by atoms with Gasteiger partial charge in [-0.3, -0.25) is 0 Å². The van der Waals surface area contributed by atoms with Crippen LogP contribution in [0.4, 0.5) is 0 Å². The van der Waals surface area contributed by atoms with Crippen molar-refractivity contribution in [2.24, 2.45) is 5.92 Å². The van der Waals surface area contributed by atoms with Crippen LogP contribution < -0.4 is 5.32 Å². The molecule has 2 aliphatic rings. The van der Waals surface area contributed by atoms with E-state index in [-0.39, 0.29) is 6.10 Å². The van der Waals surface area contributed by atoms with E-state index in [1.54, 1.807) is 0 Å². The third-order valence-corrected chi connectivity index (χ3v) is 5.06. The number of aromatic nitrogens is 1. The summed E-state index contributed by atoms with van der Waals surface area (Å²) in [5.74, 6) is 0.723. The number of nitrogens with one attached hydrogen (secondary N) is 1. The van der Waals surface area contributed by atoms with Gasteiger partial charge in [-0.15, -0.1) is 11.3 Å². The number of thiazole rings is 1. The van der Waals surface area contributed by atoms with Crippen LogP contribution in [-0.4, -0.2) is 19.1 Å². The minimum atomic E-state index is 0.253. The monoisotopic (exact) mass is 252 g/mol. The molecule has 3 nitrogen and oxygen atoms in total. The molecule has 17 heavy (non-hydrogen) atoms. The van der Waals surface area contributed by atoms with Gasteiger partial charge in [0.2, 0.25) is 0 Å². The number of aryl methyl sites for hydroxylation is 1. The molecule has 0 aromatic carbocycles. The van der Waals surface area contributed by atoms with Crippen LogP contribution in [0.3, 0.4) is 0 Å². The molecule has 94 valence electrons. The highest BCUT2D eigenvalue weighted by Gasteiger charge is 2.36. The Morgan fingerprint density at radius 2 is 2.24 bits per heavy atom. The number of rotatable bonds is 4. The van der Waals surface area contributed by atoms with Crippen molar-refractivity contribution in [3.05, 3.63) is 15.6 Å². The first-order chi connectivity index (χ1) is 8.33. The Morgan fingerprint density at radius 1 is 1.41 bits per heavy atom. The van der Waals surface area contributed by atoms with Gasteiger partial charge in [-0.2, -0.15) is 0 Å². The quantitative estimate of drug-likeness (QED) is 0.894. The normalized spacial score (nSPS) is 25.6. The zero-order valence-electron chi connectivity index (χ0n) is 10.5. The average molecular weight is 252 g/mol. The van der Waals surface area contributed by atoms with Crippen molar-refractivity contribution in [3.8, 4) is 0 Å². The van der Waals surface area contributed by atoms with Crippen molar-refractivity contribution >= 4 is 11.3 Å². The fraction of sp³-hybridized carbons (Fsp3) is 0.769. The molecule has 2 atom stereocenters. The van der Waals surface area contributed by atoms with Crippen molar-refractivity contribution in [1.29, 1.82) is 0 Å². The standard InChI is InChI=1S/C13H20N2OS/c1-14-9-4-3-5-10-11(9)15-13(17-10)12(16-2)8-6-7-8/h8-9,12,14H,3-7H2,1-2H3. The summed E-state index contributed by atoms with van der Waals surface area (Å²) in [5, 5.41) is 4.59. The fourth-order valence-electron chi connectivity index (χ4n) is 2.73. The summed E-state index contributed by atoms with van der Waals surface area (Å²) < 4.78 is 5.63. The molecule has 0 radical (unpaired) electrons.